The minimum absolute atomic E-state index is 0.331. The third-order valence-electron chi connectivity index (χ3n) is 2.80. The number of carbonyl (C=O) groups is 3. The first kappa shape index (κ1) is 15.3. The third-order valence-corrected chi connectivity index (χ3v) is 3.66. The van der Waals surface area contributed by atoms with E-state index in [2.05, 4.69) is 4.74 Å². The molecule has 0 aliphatic carbocycles. The largest absolute Gasteiger partial charge is 0.465 e. The van der Waals surface area contributed by atoms with E-state index in [1.807, 2.05) is 0 Å². The SMILES string of the molecule is COC(=O)c1ccc(/C=C2/SC(=O)N(N(C)C)C2=O)cc1. The minimum atomic E-state index is -0.422. The molecule has 0 saturated carbocycles. The van der Waals surface area contributed by atoms with Gasteiger partial charge in [-0.3, -0.25) is 9.59 Å². The zero-order valence-corrected chi connectivity index (χ0v) is 12.6. The number of imide groups is 1. The Morgan fingerprint density at radius 3 is 2.33 bits per heavy atom. The number of methoxy groups -OCH3 is 1. The summed E-state index contributed by atoms with van der Waals surface area (Å²) in [5.74, 6) is -0.776. The first-order chi connectivity index (χ1) is 9.93. The number of esters is 1. The summed E-state index contributed by atoms with van der Waals surface area (Å²) in [6, 6.07) is 6.59. The molecule has 0 aromatic heterocycles. The summed E-state index contributed by atoms with van der Waals surface area (Å²) in [6.45, 7) is 0. The number of ether oxygens (including phenoxy) is 1. The van der Waals surface area contributed by atoms with Crippen molar-refractivity contribution < 1.29 is 19.1 Å². The molecule has 0 N–H and O–H groups in total. The molecule has 0 atom stereocenters. The van der Waals surface area contributed by atoms with E-state index >= 15 is 0 Å². The van der Waals surface area contributed by atoms with E-state index in [1.54, 1.807) is 44.4 Å². The molecule has 1 heterocycles. The standard InChI is InChI=1S/C14H14N2O4S/c1-15(2)16-12(17)11(21-14(16)19)8-9-4-6-10(7-5-9)13(18)20-3/h4-8H,1-3H3/b11-8+. The summed E-state index contributed by atoms with van der Waals surface area (Å²) in [6.07, 6.45) is 1.62. The molecular formula is C14H14N2O4S. The lowest BCUT2D eigenvalue weighted by molar-refractivity contribution is -0.131. The Morgan fingerprint density at radius 2 is 1.86 bits per heavy atom. The van der Waals surface area contributed by atoms with Gasteiger partial charge in [0, 0.05) is 14.1 Å². The molecule has 1 fully saturated rings. The van der Waals surface area contributed by atoms with Gasteiger partial charge < -0.3 is 4.74 Å². The number of hydrogen-bond donors (Lipinski definition) is 0. The van der Waals surface area contributed by atoms with Crippen LogP contribution in [0.5, 0.6) is 0 Å². The Labute approximate surface area is 126 Å². The fraction of sp³-hybridized carbons (Fsp3) is 0.214. The number of rotatable bonds is 3. The van der Waals surface area contributed by atoms with E-state index in [-0.39, 0.29) is 11.1 Å². The molecule has 1 saturated heterocycles. The molecule has 1 aliphatic rings. The molecule has 7 heteroatoms. The van der Waals surface area contributed by atoms with Gasteiger partial charge in [-0.15, -0.1) is 0 Å². The molecule has 0 unspecified atom stereocenters. The van der Waals surface area contributed by atoms with Gasteiger partial charge in [0.1, 0.15) is 0 Å². The van der Waals surface area contributed by atoms with Crippen molar-refractivity contribution in [2.75, 3.05) is 21.2 Å². The average Bonchev–Trinajstić information content (AvgIpc) is 2.73. The number of amides is 2. The van der Waals surface area contributed by atoms with Gasteiger partial charge in [-0.2, -0.15) is 5.01 Å². The van der Waals surface area contributed by atoms with Crippen LogP contribution in [0.3, 0.4) is 0 Å². The van der Waals surface area contributed by atoms with Crippen molar-refractivity contribution in [2.24, 2.45) is 0 Å². The van der Waals surface area contributed by atoms with Gasteiger partial charge in [-0.25, -0.2) is 9.80 Å². The Bertz CT molecular complexity index is 622. The van der Waals surface area contributed by atoms with Crippen molar-refractivity contribution in [3.63, 3.8) is 0 Å². The van der Waals surface area contributed by atoms with Crippen LogP contribution >= 0.6 is 11.8 Å². The molecule has 110 valence electrons. The van der Waals surface area contributed by atoms with Crippen molar-refractivity contribution in [2.45, 2.75) is 0 Å². The molecular weight excluding hydrogens is 292 g/mol. The van der Waals surface area contributed by atoms with Crippen molar-refractivity contribution in [3.05, 3.63) is 40.3 Å². The fourth-order valence-corrected chi connectivity index (χ4v) is 2.68. The van der Waals surface area contributed by atoms with Gasteiger partial charge in [-0.1, -0.05) is 12.1 Å². The predicted molar refractivity (Wildman–Crippen MR) is 79.3 cm³/mol. The van der Waals surface area contributed by atoms with Crippen LogP contribution in [0.25, 0.3) is 6.08 Å². The quantitative estimate of drug-likeness (QED) is 0.628. The highest BCUT2D eigenvalue weighted by atomic mass is 32.2. The smallest absolute Gasteiger partial charge is 0.337 e. The molecule has 1 aromatic rings. The van der Waals surface area contributed by atoms with Crippen molar-refractivity contribution in [1.29, 1.82) is 0 Å². The molecule has 2 amide bonds. The van der Waals surface area contributed by atoms with Crippen LogP contribution in [0.4, 0.5) is 4.79 Å². The highest BCUT2D eigenvalue weighted by Crippen LogP contribution is 2.32. The van der Waals surface area contributed by atoms with E-state index in [0.29, 0.717) is 10.5 Å². The first-order valence-electron chi connectivity index (χ1n) is 6.07. The average molecular weight is 306 g/mol. The van der Waals surface area contributed by atoms with Crippen LogP contribution in [-0.4, -0.2) is 48.3 Å². The molecule has 1 aromatic carbocycles. The molecule has 0 bridgehead atoms. The van der Waals surface area contributed by atoms with Crippen molar-refractivity contribution in [1.82, 2.24) is 10.0 Å². The van der Waals surface area contributed by atoms with E-state index in [9.17, 15) is 14.4 Å². The number of hydrazine groups is 1. The topological polar surface area (TPSA) is 66.9 Å². The number of benzene rings is 1. The summed E-state index contributed by atoms with van der Waals surface area (Å²) in [4.78, 5) is 35.5. The minimum Gasteiger partial charge on any atom is -0.465 e. The number of carbonyl (C=O) groups excluding carboxylic acids is 3. The summed E-state index contributed by atoms with van der Waals surface area (Å²) in [7, 11) is 4.57. The van der Waals surface area contributed by atoms with E-state index < -0.39 is 5.97 Å². The van der Waals surface area contributed by atoms with Crippen LogP contribution in [0.2, 0.25) is 0 Å². The van der Waals surface area contributed by atoms with Crippen LogP contribution in [0, 0.1) is 0 Å². The Morgan fingerprint density at radius 1 is 1.24 bits per heavy atom. The summed E-state index contributed by atoms with van der Waals surface area (Å²) in [5, 5.41) is 2.18. The summed E-state index contributed by atoms with van der Waals surface area (Å²) >= 11 is 0.885. The Balaban J connectivity index is 2.23. The number of hydrogen-bond acceptors (Lipinski definition) is 6. The second-order valence-electron chi connectivity index (χ2n) is 4.45. The molecule has 0 spiro atoms. The van der Waals surface area contributed by atoms with Gasteiger partial charge in [-0.05, 0) is 35.5 Å². The van der Waals surface area contributed by atoms with Gasteiger partial charge in [0.25, 0.3) is 5.91 Å². The summed E-state index contributed by atoms with van der Waals surface area (Å²) < 4.78 is 4.61. The molecule has 0 radical (unpaired) electrons. The predicted octanol–water partition coefficient (Wildman–Crippen LogP) is 1.99. The fourth-order valence-electron chi connectivity index (χ4n) is 1.79. The van der Waals surface area contributed by atoms with Gasteiger partial charge >= 0.3 is 11.2 Å². The van der Waals surface area contributed by atoms with Crippen molar-refractivity contribution >= 4 is 35.0 Å². The van der Waals surface area contributed by atoms with Gasteiger partial charge in [0.15, 0.2) is 0 Å². The van der Waals surface area contributed by atoms with Crippen molar-refractivity contribution in [3.8, 4) is 0 Å². The Kier molecular flexibility index (Phi) is 4.44. The third kappa shape index (κ3) is 3.14. The lowest BCUT2D eigenvalue weighted by Gasteiger charge is -2.19. The van der Waals surface area contributed by atoms with Gasteiger partial charge in [0.05, 0.1) is 17.6 Å². The zero-order chi connectivity index (χ0) is 15.6. The highest BCUT2D eigenvalue weighted by Gasteiger charge is 2.36. The number of nitrogens with zero attached hydrogens (tertiary/aromatic N) is 2. The van der Waals surface area contributed by atoms with Crippen LogP contribution in [0.1, 0.15) is 15.9 Å². The monoisotopic (exact) mass is 306 g/mol. The second kappa shape index (κ2) is 6.11. The second-order valence-corrected chi connectivity index (χ2v) is 5.45. The summed E-state index contributed by atoms with van der Waals surface area (Å²) in [5.41, 5.74) is 1.16. The first-order valence-corrected chi connectivity index (χ1v) is 6.89. The van der Waals surface area contributed by atoms with E-state index in [4.69, 9.17) is 0 Å². The van der Waals surface area contributed by atoms with E-state index in [1.165, 1.54) is 12.1 Å². The maximum atomic E-state index is 12.1. The normalized spacial score (nSPS) is 17.0. The molecule has 21 heavy (non-hydrogen) atoms. The zero-order valence-electron chi connectivity index (χ0n) is 11.8. The maximum Gasteiger partial charge on any atom is 0.337 e. The van der Waals surface area contributed by atoms with Gasteiger partial charge in [0.2, 0.25) is 0 Å². The lowest BCUT2D eigenvalue weighted by Crippen LogP contribution is -2.40. The maximum absolute atomic E-state index is 12.1. The van der Waals surface area contributed by atoms with E-state index in [0.717, 1.165) is 22.3 Å². The van der Waals surface area contributed by atoms with Crippen LogP contribution < -0.4 is 0 Å². The highest BCUT2D eigenvalue weighted by molar-refractivity contribution is 8.18. The molecule has 6 nitrogen and oxygen atoms in total. The molecule has 1 aliphatic heterocycles. The molecule has 2 rings (SSSR count). The number of thioether (sulfide) groups is 1. The Hall–Kier alpha value is -2.12. The van der Waals surface area contributed by atoms with Crippen LogP contribution in [-0.2, 0) is 9.53 Å². The lowest BCUT2D eigenvalue weighted by atomic mass is 10.1. The van der Waals surface area contributed by atoms with Crippen LogP contribution in [0.15, 0.2) is 29.2 Å².